The Morgan fingerprint density at radius 1 is 1.19 bits per heavy atom. The molecule has 2 aromatic heterocycles. The van der Waals surface area contributed by atoms with Crippen molar-refractivity contribution >= 4 is 46.0 Å². The number of hydrogen-bond acceptors (Lipinski definition) is 7. The normalized spacial score (nSPS) is 14.5. The number of para-hydroxylation sites is 1. The number of rotatable bonds is 6. The molecular formula is C25H24N6O4S. The number of nitrogens with one attached hydrogen (secondary N) is 2. The Kier molecular flexibility index (Phi) is 6.23. The predicted molar refractivity (Wildman–Crippen MR) is 138 cm³/mol. The number of ether oxygens (including phenoxy) is 1. The number of carbonyl (C=O) groups is 2. The highest BCUT2D eigenvalue weighted by Gasteiger charge is 2.30. The van der Waals surface area contributed by atoms with Crippen molar-refractivity contribution in [2.45, 2.75) is 31.5 Å². The van der Waals surface area contributed by atoms with E-state index >= 15 is 0 Å². The summed E-state index contributed by atoms with van der Waals surface area (Å²) in [5, 5.41) is 10.9. The number of thioether (sulfide) groups is 1. The van der Waals surface area contributed by atoms with Gasteiger partial charge in [-0.15, -0.1) is 0 Å². The molecule has 2 amide bonds. The lowest BCUT2D eigenvalue weighted by Crippen LogP contribution is -2.27. The monoisotopic (exact) mass is 504 g/mol. The molecule has 1 aliphatic heterocycles. The van der Waals surface area contributed by atoms with E-state index < -0.39 is 0 Å². The van der Waals surface area contributed by atoms with Crippen LogP contribution < -0.4 is 20.9 Å². The van der Waals surface area contributed by atoms with Gasteiger partial charge in [-0.2, -0.15) is 5.10 Å². The van der Waals surface area contributed by atoms with Crippen LogP contribution in [0.5, 0.6) is 5.75 Å². The molecule has 0 aliphatic carbocycles. The number of aromatic nitrogens is 4. The van der Waals surface area contributed by atoms with Crippen molar-refractivity contribution in [3.05, 3.63) is 64.6 Å². The Morgan fingerprint density at radius 3 is 2.75 bits per heavy atom. The SMILES string of the molecule is COc1ccc(NC(C)=O)cc1NC(=O)CC1CSc2nc3c(cnn3-c3ccccc3C)c(=O)n21. The van der Waals surface area contributed by atoms with E-state index in [0.717, 1.165) is 11.3 Å². The Balaban J connectivity index is 1.41. The average Bonchev–Trinajstić information content (AvgIpc) is 3.44. The second-order valence-electron chi connectivity index (χ2n) is 8.46. The van der Waals surface area contributed by atoms with Crippen LogP contribution in [0.4, 0.5) is 11.4 Å². The fraction of sp³-hybridized carbons (Fsp3) is 0.240. The number of nitrogens with zero attached hydrogens (tertiary/aromatic N) is 4. The highest BCUT2D eigenvalue weighted by Crippen LogP contribution is 2.34. The molecule has 0 fully saturated rings. The maximum Gasteiger partial charge on any atom is 0.265 e. The number of methoxy groups -OCH3 is 1. The van der Waals surface area contributed by atoms with Crippen LogP contribution >= 0.6 is 11.8 Å². The van der Waals surface area contributed by atoms with Crippen LogP contribution in [0.25, 0.3) is 16.7 Å². The van der Waals surface area contributed by atoms with Gasteiger partial charge in [0.1, 0.15) is 11.1 Å². The molecule has 1 atom stereocenters. The lowest BCUT2D eigenvalue weighted by molar-refractivity contribution is -0.117. The van der Waals surface area contributed by atoms with Gasteiger partial charge in [0, 0.05) is 24.8 Å². The fourth-order valence-corrected chi connectivity index (χ4v) is 5.39. The maximum absolute atomic E-state index is 13.4. The smallest absolute Gasteiger partial charge is 0.265 e. The molecule has 10 nitrogen and oxygen atoms in total. The summed E-state index contributed by atoms with van der Waals surface area (Å²) in [6.07, 6.45) is 1.61. The lowest BCUT2D eigenvalue weighted by Gasteiger charge is -2.15. The molecule has 0 radical (unpaired) electrons. The molecule has 184 valence electrons. The zero-order chi connectivity index (χ0) is 25.4. The molecule has 36 heavy (non-hydrogen) atoms. The quantitative estimate of drug-likeness (QED) is 0.386. The van der Waals surface area contributed by atoms with E-state index in [4.69, 9.17) is 9.72 Å². The molecule has 11 heteroatoms. The predicted octanol–water partition coefficient (Wildman–Crippen LogP) is 3.53. The van der Waals surface area contributed by atoms with Gasteiger partial charge in [-0.05, 0) is 36.8 Å². The fourth-order valence-electron chi connectivity index (χ4n) is 4.26. The standard InChI is InChI=1S/C25H24N6O4S/c1-14-6-4-5-7-20(14)31-23-18(12-26-31)24(34)30-17(13-36-25(30)29-23)11-22(33)28-19-10-16(27-15(2)32)8-9-21(19)35-3/h4-10,12,17H,11,13H2,1-3H3,(H,27,32)(H,28,33). The molecule has 0 bridgehead atoms. The maximum atomic E-state index is 13.4. The summed E-state index contributed by atoms with van der Waals surface area (Å²) in [4.78, 5) is 42.5. The Hall–Kier alpha value is -4.12. The van der Waals surface area contributed by atoms with Crippen LogP contribution in [0.2, 0.25) is 0 Å². The first-order valence-electron chi connectivity index (χ1n) is 11.3. The first kappa shape index (κ1) is 23.6. The highest BCUT2D eigenvalue weighted by molar-refractivity contribution is 7.99. The topological polar surface area (TPSA) is 120 Å². The molecule has 2 aromatic carbocycles. The largest absolute Gasteiger partial charge is 0.495 e. The summed E-state index contributed by atoms with van der Waals surface area (Å²) < 4.78 is 8.61. The van der Waals surface area contributed by atoms with Crippen molar-refractivity contribution in [1.29, 1.82) is 0 Å². The second kappa shape index (κ2) is 9.50. The molecule has 2 N–H and O–H groups in total. The molecule has 0 saturated carbocycles. The van der Waals surface area contributed by atoms with Crippen molar-refractivity contribution < 1.29 is 14.3 Å². The minimum Gasteiger partial charge on any atom is -0.495 e. The number of hydrogen-bond donors (Lipinski definition) is 2. The van der Waals surface area contributed by atoms with Crippen LogP contribution in [-0.4, -0.2) is 44.0 Å². The Labute approximate surface area is 210 Å². The van der Waals surface area contributed by atoms with Crippen LogP contribution in [-0.2, 0) is 9.59 Å². The number of fused-ring (bicyclic) bond motifs is 2. The summed E-state index contributed by atoms with van der Waals surface area (Å²) in [5.74, 6) is 0.501. The van der Waals surface area contributed by atoms with E-state index in [0.29, 0.717) is 39.1 Å². The van der Waals surface area contributed by atoms with Crippen LogP contribution in [0.1, 0.15) is 24.9 Å². The first-order chi connectivity index (χ1) is 17.4. The summed E-state index contributed by atoms with van der Waals surface area (Å²) in [5.41, 5.74) is 3.12. The van der Waals surface area contributed by atoms with Gasteiger partial charge in [-0.25, -0.2) is 9.67 Å². The van der Waals surface area contributed by atoms with E-state index in [2.05, 4.69) is 15.7 Å². The van der Waals surface area contributed by atoms with Gasteiger partial charge in [-0.1, -0.05) is 30.0 Å². The van der Waals surface area contributed by atoms with E-state index in [1.54, 1.807) is 27.4 Å². The third-order valence-electron chi connectivity index (χ3n) is 5.93. The number of aryl methyl sites for hydroxylation is 1. The molecule has 0 spiro atoms. The highest BCUT2D eigenvalue weighted by atomic mass is 32.2. The molecule has 5 rings (SSSR count). The van der Waals surface area contributed by atoms with Crippen molar-refractivity contribution in [1.82, 2.24) is 19.3 Å². The first-order valence-corrected chi connectivity index (χ1v) is 12.3. The van der Waals surface area contributed by atoms with Crippen molar-refractivity contribution in [2.75, 3.05) is 23.5 Å². The van der Waals surface area contributed by atoms with Crippen molar-refractivity contribution in [3.63, 3.8) is 0 Å². The van der Waals surface area contributed by atoms with Gasteiger partial charge < -0.3 is 15.4 Å². The summed E-state index contributed by atoms with van der Waals surface area (Å²) in [6.45, 7) is 3.39. The van der Waals surface area contributed by atoms with Crippen LogP contribution in [0, 0.1) is 6.92 Å². The third kappa shape index (κ3) is 4.33. The van der Waals surface area contributed by atoms with E-state index in [-0.39, 0.29) is 29.8 Å². The summed E-state index contributed by atoms with van der Waals surface area (Å²) in [6, 6.07) is 12.4. The molecule has 0 saturated heterocycles. The van der Waals surface area contributed by atoms with Gasteiger partial charge in [-0.3, -0.25) is 19.0 Å². The van der Waals surface area contributed by atoms with Gasteiger partial charge in [0.25, 0.3) is 5.56 Å². The van der Waals surface area contributed by atoms with Gasteiger partial charge in [0.2, 0.25) is 11.8 Å². The van der Waals surface area contributed by atoms with Gasteiger partial charge >= 0.3 is 0 Å². The zero-order valence-electron chi connectivity index (χ0n) is 19.9. The minimum atomic E-state index is -0.360. The summed E-state index contributed by atoms with van der Waals surface area (Å²) >= 11 is 1.44. The van der Waals surface area contributed by atoms with Crippen molar-refractivity contribution in [2.24, 2.45) is 0 Å². The third-order valence-corrected chi connectivity index (χ3v) is 7.03. The van der Waals surface area contributed by atoms with Crippen molar-refractivity contribution in [3.8, 4) is 11.4 Å². The Morgan fingerprint density at radius 2 is 2.00 bits per heavy atom. The van der Waals surface area contributed by atoms with Gasteiger partial charge in [0.05, 0.1) is 30.7 Å². The molecule has 1 aliphatic rings. The Bertz CT molecular complexity index is 1560. The number of amides is 2. The molecule has 4 aromatic rings. The van der Waals surface area contributed by atoms with Gasteiger partial charge in [0.15, 0.2) is 10.8 Å². The molecular weight excluding hydrogens is 480 g/mol. The molecule has 1 unspecified atom stereocenters. The van der Waals surface area contributed by atoms with Crippen LogP contribution in [0.15, 0.2) is 58.6 Å². The van der Waals surface area contributed by atoms with E-state index in [1.807, 2.05) is 31.2 Å². The minimum absolute atomic E-state index is 0.0759. The van der Waals surface area contributed by atoms with E-state index in [9.17, 15) is 14.4 Å². The number of anilines is 2. The van der Waals surface area contributed by atoms with E-state index in [1.165, 1.54) is 32.0 Å². The average molecular weight is 505 g/mol. The number of carbonyl (C=O) groups excluding carboxylic acids is 2. The van der Waals surface area contributed by atoms with Crippen LogP contribution in [0.3, 0.4) is 0 Å². The summed E-state index contributed by atoms with van der Waals surface area (Å²) in [7, 11) is 1.50. The zero-order valence-corrected chi connectivity index (χ0v) is 20.8. The number of benzene rings is 2. The lowest BCUT2D eigenvalue weighted by atomic mass is 10.2. The second-order valence-corrected chi connectivity index (χ2v) is 9.45. The molecule has 3 heterocycles.